The second kappa shape index (κ2) is 7.26. The highest BCUT2D eigenvalue weighted by molar-refractivity contribution is 6.06. The first-order valence-electron chi connectivity index (χ1n) is 10.0. The van der Waals surface area contributed by atoms with Crippen LogP contribution in [0.15, 0.2) is 36.0 Å². The number of hydrogen-bond acceptors (Lipinski definition) is 4. The second-order valence-electron chi connectivity index (χ2n) is 8.42. The number of nitrogens with one attached hydrogen (secondary N) is 2. The molecule has 1 aromatic carbocycles. The third-order valence-corrected chi connectivity index (χ3v) is 6.35. The number of rotatable bonds is 6. The van der Waals surface area contributed by atoms with Crippen molar-refractivity contribution in [1.82, 2.24) is 5.32 Å². The van der Waals surface area contributed by atoms with E-state index in [1.165, 1.54) is 38.5 Å². The maximum atomic E-state index is 12.5. The lowest BCUT2D eigenvalue weighted by atomic mass is 9.53. The Balaban J connectivity index is 1.41. The zero-order valence-electron chi connectivity index (χ0n) is 15.8. The lowest BCUT2D eigenvalue weighted by Gasteiger charge is -2.56. The number of anilines is 1. The first-order chi connectivity index (χ1) is 13.1. The molecule has 0 radical (unpaired) electrons. The van der Waals surface area contributed by atoms with Gasteiger partial charge in [0, 0.05) is 17.4 Å². The van der Waals surface area contributed by atoms with E-state index in [4.69, 9.17) is 4.74 Å². The van der Waals surface area contributed by atoms with Gasteiger partial charge in [-0.25, -0.2) is 0 Å². The van der Waals surface area contributed by atoms with Crippen molar-refractivity contribution in [3.05, 3.63) is 36.0 Å². The molecule has 4 aliphatic carbocycles. The van der Waals surface area contributed by atoms with Gasteiger partial charge in [0.1, 0.15) is 17.4 Å². The summed E-state index contributed by atoms with van der Waals surface area (Å²) in [4.78, 5) is 12.5. The van der Waals surface area contributed by atoms with Gasteiger partial charge in [-0.2, -0.15) is 5.26 Å². The van der Waals surface area contributed by atoms with Gasteiger partial charge < -0.3 is 15.4 Å². The predicted molar refractivity (Wildman–Crippen MR) is 104 cm³/mol. The quantitative estimate of drug-likeness (QED) is 0.590. The SMILES string of the molecule is CCOc1ccc(NC(=O)/C(C#N)=C\NC23CC4CC(CC(C4)C2)C3)cc1. The van der Waals surface area contributed by atoms with Crippen molar-refractivity contribution in [3.8, 4) is 11.8 Å². The first-order valence-corrected chi connectivity index (χ1v) is 10.0. The van der Waals surface area contributed by atoms with Gasteiger partial charge in [0.15, 0.2) is 0 Å². The van der Waals surface area contributed by atoms with E-state index >= 15 is 0 Å². The number of nitrogens with zero attached hydrogens (tertiary/aromatic N) is 1. The van der Waals surface area contributed by atoms with Gasteiger partial charge in [0.05, 0.1) is 6.61 Å². The van der Waals surface area contributed by atoms with Crippen LogP contribution in [-0.4, -0.2) is 18.1 Å². The molecule has 5 rings (SSSR count). The van der Waals surface area contributed by atoms with Gasteiger partial charge in [-0.3, -0.25) is 4.79 Å². The Morgan fingerprint density at radius 3 is 2.30 bits per heavy atom. The molecule has 0 aromatic heterocycles. The minimum Gasteiger partial charge on any atom is -0.494 e. The summed E-state index contributed by atoms with van der Waals surface area (Å²) in [5, 5.41) is 15.8. The van der Waals surface area contributed by atoms with Crippen LogP contribution >= 0.6 is 0 Å². The third kappa shape index (κ3) is 3.80. The van der Waals surface area contributed by atoms with Crippen LogP contribution in [-0.2, 0) is 4.79 Å². The molecule has 0 saturated heterocycles. The molecule has 4 bridgehead atoms. The van der Waals surface area contributed by atoms with Gasteiger partial charge in [-0.15, -0.1) is 0 Å². The molecule has 5 nitrogen and oxygen atoms in total. The van der Waals surface area contributed by atoms with Crippen LogP contribution in [0.1, 0.15) is 45.4 Å². The summed E-state index contributed by atoms with van der Waals surface area (Å²) < 4.78 is 5.40. The lowest BCUT2D eigenvalue weighted by Crippen LogP contribution is -2.57. The van der Waals surface area contributed by atoms with Crippen molar-refractivity contribution in [2.75, 3.05) is 11.9 Å². The van der Waals surface area contributed by atoms with Crippen molar-refractivity contribution in [2.24, 2.45) is 17.8 Å². The summed E-state index contributed by atoms with van der Waals surface area (Å²) in [5.41, 5.74) is 0.870. The van der Waals surface area contributed by atoms with Crippen LogP contribution in [0.2, 0.25) is 0 Å². The van der Waals surface area contributed by atoms with Crippen LogP contribution in [0.25, 0.3) is 0 Å². The summed E-state index contributed by atoms with van der Waals surface area (Å²) in [7, 11) is 0. The highest BCUT2D eigenvalue weighted by atomic mass is 16.5. The monoisotopic (exact) mass is 365 g/mol. The van der Waals surface area contributed by atoms with E-state index in [0.717, 1.165) is 23.5 Å². The maximum absolute atomic E-state index is 12.5. The molecule has 0 unspecified atom stereocenters. The summed E-state index contributed by atoms with van der Waals surface area (Å²) in [6.45, 7) is 2.53. The molecule has 4 saturated carbocycles. The molecule has 4 fully saturated rings. The van der Waals surface area contributed by atoms with E-state index in [1.807, 2.05) is 25.1 Å². The van der Waals surface area contributed by atoms with E-state index in [2.05, 4.69) is 10.6 Å². The van der Waals surface area contributed by atoms with Crippen molar-refractivity contribution >= 4 is 11.6 Å². The Morgan fingerprint density at radius 2 is 1.78 bits per heavy atom. The van der Waals surface area contributed by atoms with Crippen molar-refractivity contribution < 1.29 is 9.53 Å². The third-order valence-electron chi connectivity index (χ3n) is 6.35. The van der Waals surface area contributed by atoms with Gasteiger partial charge in [0.25, 0.3) is 5.91 Å². The number of hydrogen-bond donors (Lipinski definition) is 2. The minimum atomic E-state index is -0.376. The molecular formula is C22H27N3O2. The Hall–Kier alpha value is -2.48. The number of ether oxygens (including phenoxy) is 1. The largest absolute Gasteiger partial charge is 0.494 e. The molecule has 0 aliphatic heterocycles. The molecule has 0 heterocycles. The summed E-state index contributed by atoms with van der Waals surface area (Å²) in [5.74, 6) is 2.84. The molecule has 5 heteroatoms. The average Bonchev–Trinajstić information content (AvgIpc) is 2.63. The number of benzene rings is 1. The van der Waals surface area contributed by atoms with Crippen LogP contribution in [0.3, 0.4) is 0 Å². The summed E-state index contributed by atoms with van der Waals surface area (Å²) >= 11 is 0. The van der Waals surface area contributed by atoms with Crippen LogP contribution < -0.4 is 15.4 Å². The maximum Gasteiger partial charge on any atom is 0.267 e. The van der Waals surface area contributed by atoms with Crippen LogP contribution in [0.4, 0.5) is 5.69 Å². The fraction of sp³-hybridized carbons (Fsp3) is 0.545. The highest BCUT2D eigenvalue weighted by Crippen LogP contribution is 2.55. The molecule has 27 heavy (non-hydrogen) atoms. The molecule has 142 valence electrons. The molecule has 1 amide bonds. The fourth-order valence-electron chi connectivity index (χ4n) is 5.66. The molecule has 0 atom stereocenters. The van der Waals surface area contributed by atoms with E-state index in [0.29, 0.717) is 12.3 Å². The summed E-state index contributed by atoms with van der Waals surface area (Å²) in [6.07, 6.45) is 9.28. The zero-order valence-corrected chi connectivity index (χ0v) is 15.8. The number of carbonyl (C=O) groups excluding carboxylic acids is 1. The van der Waals surface area contributed by atoms with E-state index < -0.39 is 0 Å². The Kier molecular flexibility index (Phi) is 4.82. The molecular weight excluding hydrogens is 338 g/mol. The van der Waals surface area contributed by atoms with Crippen molar-refractivity contribution in [3.63, 3.8) is 0 Å². The highest BCUT2D eigenvalue weighted by Gasteiger charge is 2.50. The normalized spacial score (nSPS) is 31.3. The van der Waals surface area contributed by atoms with E-state index in [1.54, 1.807) is 18.3 Å². The average molecular weight is 365 g/mol. The van der Waals surface area contributed by atoms with Crippen LogP contribution in [0, 0.1) is 29.1 Å². The molecule has 0 spiro atoms. The fourth-order valence-corrected chi connectivity index (χ4v) is 5.66. The van der Waals surface area contributed by atoms with Gasteiger partial charge in [0.2, 0.25) is 0 Å². The number of nitriles is 1. The standard InChI is InChI=1S/C22H27N3O2/c1-2-27-20-5-3-19(4-6-20)25-21(26)18(13-23)14-24-22-10-15-7-16(11-22)9-17(8-15)12-22/h3-6,14-17,24H,2,7-12H2,1H3,(H,25,26)/b18-14-. The first kappa shape index (κ1) is 17.9. The Morgan fingerprint density at radius 1 is 1.19 bits per heavy atom. The van der Waals surface area contributed by atoms with Gasteiger partial charge in [-0.05, 0) is 87.5 Å². The molecule has 4 aliphatic rings. The number of amides is 1. The molecule has 1 aromatic rings. The van der Waals surface area contributed by atoms with Crippen molar-refractivity contribution in [2.45, 2.75) is 51.0 Å². The minimum absolute atomic E-state index is 0.0935. The smallest absolute Gasteiger partial charge is 0.267 e. The lowest BCUT2D eigenvalue weighted by molar-refractivity contribution is -0.112. The van der Waals surface area contributed by atoms with E-state index in [9.17, 15) is 10.1 Å². The number of carbonyl (C=O) groups is 1. The second-order valence-corrected chi connectivity index (χ2v) is 8.42. The van der Waals surface area contributed by atoms with Gasteiger partial charge in [-0.1, -0.05) is 0 Å². The predicted octanol–water partition coefficient (Wildman–Crippen LogP) is 3.99. The molecule has 2 N–H and O–H groups in total. The zero-order chi connectivity index (χ0) is 18.9. The van der Waals surface area contributed by atoms with Gasteiger partial charge >= 0.3 is 0 Å². The Labute approximate surface area is 160 Å². The summed E-state index contributed by atoms with van der Waals surface area (Å²) in [6, 6.07) is 9.23. The topological polar surface area (TPSA) is 74.1 Å². The van der Waals surface area contributed by atoms with E-state index in [-0.39, 0.29) is 17.0 Å². The van der Waals surface area contributed by atoms with Crippen LogP contribution in [0.5, 0.6) is 5.75 Å². The Bertz CT molecular complexity index is 740. The van der Waals surface area contributed by atoms with Crippen molar-refractivity contribution in [1.29, 1.82) is 5.26 Å².